The number of carboxylic acid groups (broad SMARTS) is 1. The van der Waals surface area contributed by atoms with Crippen molar-refractivity contribution in [3.8, 4) is 0 Å². The molecule has 1 atom stereocenters. The van der Waals surface area contributed by atoms with Gasteiger partial charge in [-0.2, -0.15) is 0 Å². The fourth-order valence-corrected chi connectivity index (χ4v) is 3.79. The van der Waals surface area contributed by atoms with E-state index < -0.39 is 16.0 Å². The first-order chi connectivity index (χ1) is 9.27. The third-order valence-electron chi connectivity index (χ3n) is 2.58. The Kier molecular flexibility index (Phi) is 6.12. The molecule has 1 aromatic carbocycles. The molecule has 0 aliphatic carbocycles. The standard InChI is InChI=1S/C12H16BrNO5S/c1-8(5-6-19-2)14-20(17,18)11-7-9(12(15)16)3-4-10(11)13/h3-4,7-8,14H,5-6H2,1-2H3,(H,15,16). The van der Waals surface area contributed by atoms with Gasteiger partial charge < -0.3 is 9.84 Å². The van der Waals surface area contributed by atoms with Crippen molar-refractivity contribution in [2.75, 3.05) is 13.7 Å². The predicted octanol–water partition coefficient (Wildman–Crippen LogP) is 1.85. The van der Waals surface area contributed by atoms with Crippen LogP contribution in [0.4, 0.5) is 0 Å². The highest BCUT2D eigenvalue weighted by atomic mass is 79.9. The Hall–Kier alpha value is -0.960. The molecule has 8 heteroatoms. The van der Waals surface area contributed by atoms with Gasteiger partial charge in [0.15, 0.2) is 0 Å². The number of hydrogen-bond donors (Lipinski definition) is 2. The summed E-state index contributed by atoms with van der Waals surface area (Å²) in [5.74, 6) is -1.18. The molecule has 0 aliphatic heterocycles. The zero-order chi connectivity index (χ0) is 15.3. The van der Waals surface area contributed by atoms with Crippen LogP contribution in [0.2, 0.25) is 0 Å². The number of benzene rings is 1. The lowest BCUT2D eigenvalue weighted by molar-refractivity contribution is 0.0696. The number of sulfonamides is 1. The minimum atomic E-state index is -3.79. The van der Waals surface area contributed by atoms with Crippen LogP contribution in [0.1, 0.15) is 23.7 Å². The Morgan fingerprint density at radius 3 is 2.70 bits per heavy atom. The predicted molar refractivity (Wildman–Crippen MR) is 77.4 cm³/mol. The van der Waals surface area contributed by atoms with Gasteiger partial charge in [-0.15, -0.1) is 0 Å². The van der Waals surface area contributed by atoms with E-state index in [1.54, 1.807) is 6.92 Å². The normalized spacial score (nSPS) is 13.2. The Labute approximate surface area is 126 Å². The summed E-state index contributed by atoms with van der Waals surface area (Å²) in [7, 11) is -2.26. The van der Waals surface area contributed by atoms with Gasteiger partial charge in [0.25, 0.3) is 0 Å². The molecule has 2 N–H and O–H groups in total. The zero-order valence-electron chi connectivity index (χ0n) is 11.1. The van der Waals surface area contributed by atoms with Crippen molar-refractivity contribution in [3.63, 3.8) is 0 Å². The van der Waals surface area contributed by atoms with Crippen LogP contribution in [0.25, 0.3) is 0 Å². The second-order valence-electron chi connectivity index (χ2n) is 4.25. The van der Waals surface area contributed by atoms with Crippen molar-refractivity contribution in [3.05, 3.63) is 28.2 Å². The fraction of sp³-hybridized carbons (Fsp3) is 0.417. The van der Waals surface area contributed by atoms with E-state index in [-0.39, 0.29) is 16.5 Å². The van der Waals surface area contributed by atoms with Gasteiger partial charge in [-0.3, -0.25) is 0 Å². The van der Waals surface area contributed by atoms with Gasteiger partial charge in [0, 0.05) is 24.2 Å². The highest BCUT2D eigenvalue weighted by molar-refractivity contribution is 9.10. The molecule has 0 saturated carbocycles. The molecule has 1 unspecified atom stereocenters. The maximum absolute atomic E-state index is 12.2. The second kappa shape index (κ2) is 7.16. The largest absolute Gasteiger partial charge is 0.478 e. The number of aromatic carboxylic acids is 1. The molecule has 0 heterocycles. The van der Waals surface area contributed by atoms with Crippen LogP contribution in [0, 0.1) is 0 Å². The highest BCUT2D eigenvalue weighted by Gasteiger charge is 2.21. The first kappa shape index (κ1) is 17.1. The smallest absolute Gasteiger partial charge is 0.335 e. The summed E-state index contributed by atoms with van der Waals surface area (Å²) in [6.07, 6.45) is 0.520. The maximum atomic E-state index is 12.2. The Balaban J connectivity index is 3.03. The first-order valence-electron chi connectivity index (χ1n) is 5.82. The van der Waals surface area contributed by atoms with Crippen molar-refractivity contribution in [2.24, 2.45) is 0 Å². The molecular formula is C12H16BrNO5S. The van der Waals surface area contributed by atoms with Gasteiger partial charge in [0.05, 0.1) is 10.5 Å². The number of nitrogens with one attached hydrogen (secondary N) is 1. The Morgan fingerprint density at radius 2 is 2.15 bits per heavy atom. The summed E-state index contributed by atoms with van der Waals surface area (Å²) in [5, 5.41) is 8.92. The van der Waals surface area contributed by atoms with Crippen LogP contribution in [0.15, 0.2) is 27.6 Å². The van der Waals surface area contributed by atoms with Crippen molar-refractivity contribution in [1.82, 2.24) is 4.72 Å². The van der Waals surface area contributed by atoms with Crippen LogP contribution >= 0.6 is 15.9 Å². The number of carbonyl (C=O) groups is 1. The lowest BCUT2D eigenvalue weighted by atomic mass is 10.2. The average molecular weight is 366 g/mol. The zero-order valence-corrected chi connectivity index (χ0v) is 13.5. The molecule has 0 aliphatic rings. The fourth-order valence-electron chi connectivity index (χ4n) is 1.52. The Bertz CT molecular complexity index is 588. The van der Waals surface area contributed by atoms with E-state index in [0.29, 0.717) is 17.5 Å². The summed E-state index contributed by atoms with van der Waals surface area (Å²) in [5.41, 5.74) is -0.0851. The molecule has 112 valence electrons. The van der Waals surface area contributed by atoms with Crippen LogP contribution in [-0.2, 0) is 14.8 Å². The van der Waals surface area contributed by atoms with Crippen LogP contribution < -0.4 is 4.72 Å². The number of methoxy groups -OCH3 is 1. The van der Waals surface area contributed by atoms with Crippen LogP contribution in [-0.4, -0.2) is 39.3 Å². The van der Waals surface area contributed by atoms with Crippen molar-refractivity contribution < 1.29 is 23.1 Å². The lowest BCUT2D eigenvalue weighted by Gasteiger charge is -2.15. The monoisotopic (exact) mass is 365 g/mol. The average Bonchev–Trinajstić information content (AvgIpc) is 2.35. The molecule has 20 heavy (non-hydrogen) atoms. The lowest BCUT2D eigenvalue weighted by Crippen LogP contribution is -2.33. The summed E-state index contributed by atoms with van der Waals surface area (Å²) in [6.45, 7) is 2.14. The van der Waals surface area contributed by atoms with E-state index >= 15 is 0 Å². The molecule has 0 bridgehead atoms. The van der Waals surface area contributed by atoms with Gasteiger partial charge in [-0.1, -0.05) is 0 Å². The molecule has 1 aromatic rings. The number of carboxylic acids is 1. The van der Waals surface area contributed by atoms with Crippen molar-refractivity contribution in [2.45, 2.75) is 24.3 Å². The molecule has 0 spiro atoms. The summed E-state index contributed by atoms with van der Waals surface area (Å²) < 4.78 is 32.1. The van der Waals surface area contributed by atoms with Gasteiger partial charge in [-0.05, 0) is 47.5 Å². The number of ether oxygens (including phenoxy) is 1. The molecule has 0 aromatic heterocycles. The van der Waals surface area contributed by atoms with Crippen LogP contribution in [0.5, 0.6) is 0 Å². The Morgan fingerprint density at radius 1 is 1.50 bits per heavy atom. The summed E-state index contributed by atoms with van der Waals surface area (Å²) in [6, 6.07) is 3.54. The van der Waals surface area contributed by atoms with Crippen molar-refractivity contribution in [1.29, 1.82) is 0 Å². The SMILES string of the molecule is COCCC(C)NS(=O)(=O)c1cc(C(=O)O)ccc1Br. The first-order valence-corrected chi connectivity index (χ1v) is 8.09. The van der Waals surface area contributed by atoms with E-state index in [9.17, 15) is 13.2 Å². The van der Waals surface area contributed by atoms with Gasteiger partial charge in [-0.25, -0.2) is 17.9 Å². The number of halogens is 1. The minimum absolute atomic E-state index is 0.0851. The number of rotatable bonds is 7. The summed E-state index contributed by atoms with van der Waals surface area (Å²) >= 11 is 3.12. The van der Waals surface area contributed by atoms with E-state index in [4.69, 9.17) is 9.84 Å². The third-order valence-corrected chi connectivity index (χ3v) is 5.16. The van der Waals surface area contributed by atoms with Crippen LogP contribution in [0.3, 0.4) is 0 Å². The van der Waals surface area contributed by atoms with E-state index in [0.717, 1.165) is 6.07 Å². The molecule has 0 fully saturated rings. The molecule has 0 radical (unpaired) electrons. The maximum Gasteiger partial charge on any atom is 0.335 e. The van der Waals surface area contributed by atoms with Gasteiger partial charge >= 0.3 is 5.97 Å². The third kappa shape index (κ3) is 4.55. The molecule has 0 saturated heterocycles. The van der Waals surface area contributed by atoms with Crippen molar-refractivity contribution >= 4 is 31.9 Å². The second-order valence-corrected chi connectivity index (χ2v) is 6.79. The minimum Gasteiger partial charge on any atom is -0.478 e. The highest BCUT2D eigenvalue weighted by Crippen LogP contribution is 2.23. The quantitative estimate of drug-likeness (QED) is 0.768. The van der Waals surface area contributed by atoms with E-state index in [1.807, 2.05) is 0 Å². The van der Waals surface area contributed by atoms with E-state index in [2.05, 4.69) is 20.7 Å². The summed E-state index contributed by atoms with van der Waals surface area (Å²) in [4.78, 5) is 10.8. The van der Waals surface area contributed by atoms with E-state index in [1.165, 1.54) is 19.2 Å². The van der Waals surface area contributed by atoms with Gasteiger partial charge in [0.2, 0.25) is 10.0 Å². The number of hydrogen-bond acceptors (Lipinski definition) is 4. The molecule has 1 rings (SSSR count). The molecular weight excluding hydrogens is 350 g/mol. The molecule has 6 nitrogen and oxygen atoms in total. The van der Waals surface area contributed by atoms with Gasteiger partial charge in [0.1, 0.15) is 0 Å². The topological polar surface area (TPSA) is 92.7 Å². The molecule has 0 amide bonds.